The van der Waals surface area contributed by atoms with Crippen molar-refractivity contribution in [2.75, 3.05) is 72.0 Å². The van der Waals surface area contributed by atoms with Crippen LogP contribution in [0.5, 0.6) is 0 Å². The highest BCUT2D eigenvalue weighted by atomic mass is 16.2. The maximum Gasteiger partial charge on any atom is 0.253 e. The monoisotopic (exact) mass is 618 g/mol. The molecule has 2 aromatic carbocycles. The Balaban J connectivity index is 1.21. The fourth-order valence-electron chi connectivity index (χ4n) is 5.89. The molecule has 0 aliphatic carbocycles. The number of hydrogen-bond acceptors (Lipinski definition) is 6. The van der Waals surface area contributed by atoms with E-state index in [0.717, 1.165) is 63.5 Å². The van der Waals surface area contributed by atoms with Gasteiger partial charge in [0.2, 0.25) is 11.8 Å². The lowest BCUT2D eigenvalue weighted by Crippen LogP contribution is -2.50. The van der Waals surface area contributed by atoms with Crippen molar-refractivity contribution in [1.29, 1.82) is 0 Å². The molecule has 0 radical (unpaired) electrons. The molecule has 45 heavy (non-hydrogen) atoms. The van der Waals surface area contributed by atoms with Gasteiger partial charge in [0, 0.05) is 110 Å². The first-order valence-corrected chi connectivity index (χ1v) is 16.1. The Labute approximate surface area is 268 Å². The number of benzene rings is 2. The molecule has 0 bridgehead atoms. The maximum atomic E-state index is 13.1. The van der Waals surface area contributed by atoms with E-state index in [9.17, 15) is 19.2 Å². The van der Waals surface area contributed by atoms with Crippen molar-refractivity contribution in [1.82, 2.24) is 29.8 Å². The van der Waals surface area contributed by atoms with Crippen LogP contribution < -0.4 is 5.32 Å². The summed E-state index contributed by atoms with van der Waals surface area (Å²) in [4.78, 5) is 60.1. The molecule has 10 nitrogen and oxygen atoms in total. The molecule has 2 aliphatic heterocycles. The summed E-state index contributed by atoms with van der Waals surface area (Å²) >= 11 is 0. The van der Waals surface area contributed by atoms with Crippen molar-refractivity contribution in [3.8, 4) is 0 Å². The van der Waals surface area contributed by atoms with Crippen molar-refractivity contribution in [2.24, 2.45) is 5.41 Å². The summed E-state index contributed by atoms with van der Waals surface area (Å²) in [6.45, 7) is 19.1. The van der Waals surface area contributed by atoms with Gasteiger partial charge in [-0.05, 0) is 40.8 Å². The molecule has 0 atom stereocenters. The zero-order valence-corrected chi connectivity index (χ0v) is 27.7. The molecule has 4 amide bonds. The van der Waals surface area contributed by atoms with Crippen LogP contribution in [0.1, 0.15) is 66.5 Å². The topological polar surface area (TPSA) is 96.5 Å². The van der Waals surface area contributed by atoms with Gasteiger partial charge in [-0.2, -0.15) is 0 Å². The number of nitrogens with one attached hydrogen (secondary N) is 1. The number of hydrogen-bond donors (Lipinski definition) is 1. The molecule has 10 heteroatoms. The molecule has 0 unspecified atom stereocenters. The Morgan fingerprint density at radius 2 is 1.16 bits per heavy atom. The molecule has 2 aliphatic rings. The van der Waals surface area contributed by atoms with Crippen LogP contribution in [0.3, 0.4) is 0 Å². The van der Waals surface area contributed by atoms with Crippen molar-refractivity contribution < 1.29 is 19.2 Å². The van der Waals surface area contributed by atoms with Crippen LogP contribution in [-0.2, 0) is 22.7 Å². The van der Waals surface area contributed by atoms with E-state index in [4.69, 9.17) is 0 Å². The van der Waals surface area contributed by atoms with Gasteiger partial charge in [-0.3, -0.25) is 29.0 Å². The molecule has 0 saturated carbocycles. The summed E-state index contributed by atoms with van der Waals surface area (Å²) in [5.41, 5.74) is 3.52. The first-order valence-electron chi connectivity index (χ1n) is 16.1. The Kier molecular flexibility index (Phi) is 11.7. The third-order valence-corrected chi connectivity index (χ3v) is 8.47. The van der Waals surface area contributed by atoms with Crippen molar-refractivity contribution in [2.45, 2.75) is 47.7 Å². The molecular weight excluding hydrogens is 568 g/mol. The minimum atomic E-state index is -0.0852. The quantitative estimate of drug-likeness (QED) is 0.440. The molecule has 2 saturated heterocycles. The van der Waals surface area contributed by atoms with Crippen LogP contribution in [0.4, 0.5) is 0 Å². The molecule has 4 rings (SSSR count). The standard InChI is InChI=1S/C35H50N6O4/c1-27(42)36-24-29-6-10-31(11-7-29)33(44)39-19-14-37(15-20-39)16-23-41(28(2)43)25-30-8-12-32(13-9-30)34(45)40-21-17-38(18-22-40)26-35(3,4)5/h6-13H,14-26H2,1-5H3,(H,36,42). The van der Waals surface area contributed by atoms with Gasteiger partial charge in [0.25, 0.3) is 11.8 Å². The second-order valence-corrected chi connectivity index (χ2v) is 13.5. The first-order chi connectivity index (χ1) is 21.4. The lowest BCUT2D eigenvalue weighted by molar-refractivity contribution is -0.129. The highest BCUT2D eigenvalue weighted by Gasteiger charge is 2.25. The van der Waals surface area contributed by atoms with Gasteiger partial charge in [0.15, 0.2) is 0 Å². The molecule has 1 N–H and O–H groups in total. The zero-order valence-electron chi connectivity index (χ0n) is 27.7. The molecule has 2 heterocycles. The van der Waals surface area contributed by atoms with E-state index in [1.807, 2.05) is 63.2 Å². The number of rotatable bonds is 10. The van der Waals surface area contributed by atoms with Crippen LogP contribution in [0.2, 0.25) is 0 Å². The van der Waals surface area contributed by atoms with E-state index in [1.54, 1.807) is 6.92 Å². The second kappa shape index (κ2) is 15.5. The van der Waals surface area contributed by atoms with E-state index >= 15 is 0 Å². The van der Waals surface area contributed by atoms with Gasteiger partial charge < -0.3 is 20.0 Å². The van der Waals surface area contributed by atoms with E-state index in [1.165, 1.54) is 6.92 Å². The molecule has 0 aromatic heterocycles. The Morgan fingerprint density at radius 1 is 0.689 bits per heavy atom. The smallest absolute Gasteiger partial charge is 0.253 e. The van der Waals surface area contributed by atoms with Crippen LogP contribution in [0, 0.1) is 5.41 Å². The fourth-order valence-corrected chi connectivity index (χ4v) is 5.89. The summed E-state index contributed by atoms with van der Waals surface area (Å²) in [5, 5.41) is 2.76. The Morgan fingerprint density at radius 3 is 1.60 bits per heavy atom. The first kappa shape index (κ1) is 34.1. The Bertz CT molecular complexity index is 1310. The van der Waals surface area contributed by atoms with E-state index in [0.29, 0.717) is 43.9 Å². The van der Waals surface area contributed by atoms with Crippen molar-refractivity contribution >= 4 is 23.6 Å². The molecule has 2 fully saturated rings. The number of nitrogens with zero attached hydrogens (tertiary/aromatic N) is 5. The average Bonchev–Trinajstić information content (AvgIpc) is 3.01. The van der Waals surface area contributed by atoms with Crippen LogP contribution in [-0.4, -0.2) is 120 Å². The third kappa shape index (κ3) is 10.4. The summed E-state index contributed by atoms with van der Waals surface area (Å²) < 4.78 is 0. The van der Waals surface area contributed by atoms with Gasteiger partial charge >= 0.3 is 0 Å². The van der Waals surface area contributed by atoms with Crippen molar-refractivity contribution in [3.63, 3.8) is 0 Å². The van der Waals surface area contributed by atoms with E-state index in [-0.39, 0.29) is 29.0 Å². The lowest BCUT2D eigenvalue weighted by atomic mass is 9.96. The SMILES string of the molecule is CC(=O)NCc1ccc(C(=O)N2CCN(CCN(Cc3ccc(C(=O)N4CCN(CC(C)(C)C)CC4)cc3)C(C)=O)CC2)cc1. The summed E-state index contributed by atoms with van der Waals surface area (Å²) in [7, 11) is 0. The summed E-state index contributed by atoms with van der Waals surface area (Å²) in [5.74, 6) is 0.00449. The normalized spacial score (nSPS) is 16.4. The molecule has 2 aromatic rings. The average molecular weight is 619 g/mol. The predicted octanol–water partition coefficient (Wildman–Crippen LogP) is 2.93. The second-order valence-electron chi connectivity index (χ2n) is 13.5. The largest absolute Gasteiger partial charge is 0.352 e. The maximum absolute atomic E-state index is 13.1. The molecular formula is C35H50N6O4. The van der Waals surface area contributed by atoms with Gasteiger partial charge in [0.05, 0.1) is 0 Å². The minimum Gasteiger partial charge on any atom is -0.352 e. The van der Waals surface area contributed by atoms with Crippen LogP contribution in [0.15, 0.2) is 48.5 Å². The Hall–Kier alpha value is -3.76. The molecule has 0 spiro atoms. The predicted molar refractivity (Wildman–Crippen MR) is 176 cm³/mol. The fraction of sp³-hybridized carbons (Fsp3) is 0.543. The molecule has 244 valence electrons. The van der Waals surface area contributed by atoms with Gasteiger partial charge in [-0.1, -0.05) is 45.0 Å². The number of piperazine rings is 2. The zero-order chi connectivity index (χ0) is 32.6. The van der Waals surface area contributed by atoms with Gasteiger partial charge in [0.1, 0.15) is 0 Å². The highest BCUT2D eigenvalue weighted by Crippen LogP contribution is 2.18. The highest BCUT2D eigenvalue weighted by molar-refractivity contribution is 5.95. The third-order valence-electron chi connectivity index (χ3n) is 8.47. The minimum absolute atomic E-state index is 0.0100. The summed E-state index contributed by atoms with van der Waals surface area (Å²) in [6.07, 6.45) is 0. The number of carbonyl (C=O) groups excluding carboxylic acids is 4. The summed E-state index contributed by atoms with van der Waals surface area (Å²) in [6, 6.07) is 15.0. The van der Waals surface area contributed by atoms with Gasteiger partial charge in [-0.15, -0.1) is 0 Å². The van der Waals surface area contributed by atoms with Crippen LogP contribution in [0.25, 0.3) is 0 Å². The van der Waals surface area contributed by atoms with E-state index < -0.39 is 0 Å². The number of carbonyl (C=O) groups is 4. The van der Waals surface area contributed by atoms with Crippen molar-refractivity contribution in [3.05, 3.63) is 70.8 Å². The lowest BCUT2D eigenvalue weighted by Gasteiger charge is -2.37. The van der Waals surface area contributed by atoms with Gasteiger partial charge in [-0.25, -0.2) is 0 Å². The van der Waals surface area contributed by atoms with E-state index in [2.05, 4.69) is 35.9 Å². The van der Waals surface area contributed by atoms with Crippen LogP contribution >= 0.6 is 0 Å². The number of amides is 4.